The van der Waals surface area contributed by atoms with Gasteiger partial charge in [0.1, 0.15) is 17.4 Å². The van der Waals surface area contributed by atoms with Gasteiger partial charge >= 0.3 is 0 Å². The zero-order chi connectivity index (χ0) is 17.4. The van der Waals surface area contributed by atoms with Gasteiger partial charge < -0.3 is 10.6 Å². The predicted molar refractivity (Wildman–Crippen MR) is 93.3 cm³/mol. The van der Waals surface area contributed by atoms with Gasteiger partial charge in [-0.25, -0.2) is 0 Å². The minimum absolute atomic E-state index is 0.0101. The van der Waals surface area contributed by atoms with E-state index in [4.69, 9.17) is 16.9 Å². The van der Waals surface area contributed by atoms with E-state index in [2.05, 4.69) is 10.6 Å². The summed E-state index contributed by atoms with van der Waals surface area (Å²) in [6, 6.07) is 6.72. The molecule has 23 heavy (non-hydrogen) atoms. The number of hydrogen-bond donors (Lipinski definition) is 2. The summed E-state index contributed by atoms with van der Waals surface area (Å²) in [7, 11) is 0. The Balaban J connectivity index is 2.27. The summed E-state index contributed by atoms with van der Waals surface area (Å²) in [6.07, 6.45) is 0. The average molecular weight is 332 g/mol. The van der Waals surface area contributed by atoms with Crippen LogP contribution < -0.4 is 21.5 Å². The molecule has 1 atom stereocenters. The topological polar surface area (TPSA) is 82.0 Å². The van der Waals surface area contributed by atoms with Crippen LogP contribution in [0.15, 0.2) is 27.8 Å². The molecule has 5 nitrogen and oxygen atoms in total. The minimum Gasteiger partial charge on any atom is -0.377 e. The Morgan fingerprint density at radius 2 is 1.78 bits per heavy atom. The number of benzene rings is 1. The van der Waals surface area contributed by atoms with Crippen LogP contribution in [0.1, 0.15) is 33.3 Å². The molecule has 0 aliphatic carbocycles. The molecule has 2 N–H and O–H groups in total. The summed E-state index contributed by atoms with van der Waals surface area (Å²) >= 11 is 5.97. The summed E-state index contributed by atoms with van der Waals surface area (Å²) in [6.45, 7) is 8.09. The van der Waals surface area contributed by atoms with E-state index in [1.165, 1.54) is 0 Å². The highest BCUT2D eigenvalue weighted by Crippen LogP contribution is 2.28. The van der Waals surface area contributed by atoms with Gasteiger partial charge in [0, 0.05) is 11.7 Å². The molecule has 2 aromatic rings. The smallest absolute Gasteiger partial charge is 0.253 e. The minimum atomic E-state index is -0.561. The van der Waals surface area contributed by atoms with Gasteiger partial charge in [-0.15, -0.1) is 0 Å². The molecule has 0 spiro atoms. The van der Waals surface area contributed by atoms with Crippen LogP contribution in [0.2, 0.25) is 5.02 Å². The number of hydrogen-bond acceptors (Lipinski definition) is 5. The van der Waals surface area contributed by atoms with Gasteiger partial charge in [0.15, 0.2) is 0 Å². The first-order valence-electron chi connectivity index (χ1n) is 7.21. The SMILES string of the molecule is CC(Nc1c(Nc2ccc(C#N)c(Cl)c2)c(=O)c1=O)C(C)(C)C. The molecule has 0 saturated heterocycles. The van der Waals surface area contributed by atoms with Crippen LogP contribution in [0, 0.1) is 16.7 Å². The first-order valence-corrected chi connectivity index (χ1v) is 7.59. The Morgan fingerprint density at radius 1 is 1.17 bits per heavy atom. The highest BCUT2D eigenvalue weighted by atomic mass is 35.5. The van der Waals surface area contributed by atoms with Crippen molar-refractivity contribution in [2.45, 2.75) is 33.7 Å². The van der Waals surface area contributed by atoms with Gasteiger partial charge in [0.25, 0.3) is 10.9 Å². The summed E-state index contributed by atoms with van der Waals surface area (Å²) in [5, 5.41) is 15.2. The summed E-state index contributed by atoms with van der Waals surface area (Å²) < 4.78 is 0. The molecular formula is C17H18ClN3O2. The second-order valence-electron chi connectivity index (χ2n) is 6.57. The standard InChI is InChI=1S/C17H18ClN3O2/c1-9(17(2,3)4)20-13-14(16(23)15(13)22)21-11-6-5-10(8-19)12(18)7-11/h5-7,9,20-21H,1-4H3. The van der Waals surface area contributed by atoms with Gasteiger partial charge in [-0.3, -0.25) is 9.59 Å². The first-order chi connectivity index (χ1) is 10.6. The maximum absolute atomic E-state index is 11.8. The fourth-order valence-corrected chi connectivity index (χ4v) is 2.13. The van der Waals surface area contributed by atoms with E-state index >= 15 is 0 Å². The molecule has 6 heteroatoms. The van der Waals surface area contributed by atoms with Crippen molar-refractivity contribution in [3.8, 4) is 6.07 Å². The molecule has 2 aromatic carbocycles. The molecule has 0 heterocycles. The monoisotopic (exact) mass is 331 g/mol. The van der Waals surface area contributed by atoms with Crippen LogP contribution in [0.3, 0.4) is 0 Å². The Hall–Kier alpha value is -2.32. The van der Waals surface area contributed by atoms with E-state index in [-0.39, 0.29) is 27.9 Å². The molecule has 120 valence electrons. The quantitative estimate of drug-likeness (QED) is 0.839. The fourth-order valence-electron chi connectivity index (χ4n) is 1.91. The fraction of sp³-hybridized carbons (Fsp3) is 0.353. The molecule has 0 amide bonds. The van der Waals surface area contributed by atoms with Gasteiger partial charge in [-0.05, 0) is 30.5 Å². The number of nitrogens with one attached hydrogen (secondary N) is 2. The molecular weight excluding hydrogens is 314 g/mol. The van der Waals surface area contributed by atoms with Crippen molar-refractivity contribution in [3.05, 3.63) is 49.2 Å². The predicted octanol–water partition coefficient (Wildman–Crippen LogP) is 3.40. The third-order valence-electron chi connectivity index (χ3n) is 3.93. The Kier molecular flexibility index (Phi) is 4.49. The molecule has 0 saturated carbocycles. The summed E-state index contributed by atoms with van der Waals surface area (Å²) in [4.78, 5) is 23.6. The van der Waals surface area contributed by atoms with Gasteiger partial charge in [-0.1, -0.05) is 32.4 Å². The Labute approximate surface area is 139 Å². The average Bonchev–Trinajstić information content (AvgIpc) is 2.49. The van der Waals surface area contributed by atoms with E-state index < -0.39 is 10.9 Å². The maximum Gasteiger partial charge on any atom is 0.253 e. The Bertz CT molecular complexity index is 852. The van der Waals surface area contributed by atoms with E-state index in [1.807, 2.05) is 33.8 Å². The first kappa shape index (κ1) is 17.0. The van der Waals surface area contributed by atoms with Gasteiger partial charge in [0.2, 0.25) is 0 Å². The lowest BCUT2D eigenvalue weighted by Gasteiger charge is -2.30. The van der Waals surface area contributed by atoms with Crippen LogP contribution in [0.25, 0.3) is 0 Å². The van der Waals surface area contributed by atoms with Crippen LogP contribution in [-0.4, -0.2) is 6.04 Å². The van der Waals surface area contributed by atoms with Crippen LogP contribution in [0.5, 0.6) is 0 Å². The molecule has 2 rings (SSSR count). The van der Waals surface area contributed by atoms with Gasteiger partial charge in [-0.2, -0.15) is 5.26 Å². The number of anilines is 3. The van der Waals surface area contributed by atoms with Crippen molar-refractivity contribution in [3.63, 3.8) is 0 Å². The lowest BCUT2D eigenvalue weighted by molar-refractivity contribution is 0.359. The summed E-state index contributed by atoms with van der Waals surface area (Å²) in [5.41, 5.74) is 0.270. The van der Waals surface area contributed by atoms with E-state index in [1.54, 1.807) is 18.2 Å². The number of rotatable bonds is 4. The van der Waals surface area contributed by atoms with Crippen LogP contribution in [-0.2, 0) is 0 Å². The zero-order valence-electron chi connectivity index (χ0n) is 13.5. The van der Waals surface area contributed by atoms with Crippen molar-refractivity contribution < 1.29 is 0 Å². The van der Waals surface area contributed by atoms with E-state index in [9.17, 15) is 9.59 Å². The molecule has 0 bridgehead atoms. The summed E-state index contributed by atoms with van der Waals surface area (Å²) in [5.74, 6) is 0. The number of nitriles is 1. The lowest BCUT2D eigenvalue weighted by atomic mass is 9.87. The van der Waals surface area contributed by atoms with E-state index in [0.717, 1.165) is 0 Å². The third-order valence-corrected chi connectivity index (χ3v) is 4.24. The van der Waals surface area contributed by atoms with Crippen molar-refractivity contribution in [2.75, 3.05) is 10.6 Å². The largest absolute Gasteiger partial charge is 0.377 e. The molecule has 0 aliphatic heterocycles. The second kappa shape index (κ2) is 6.05. The van der Waals surface area contributed by atoms with Crippen molar-refractivity contribution in [1.29, 1.82) is 5.26 Å². The molecule has 0 fully saturated rings. The highest BCUT2D eigenvalue weighted by molar-refractivity contribution is 6.32. The van der Waals surface area contributed by atoms with Gasteiger partial charge in [0.05, 0.1) is 10.6 Å². The maximum atomic E-state index is 11.8. The van der Waals surface area contributed by atoms with Crippen molar-refractivity contribution in [2.24, 2.45) is 5.41 Å². The third kappa shape index (κ3) is 3.38. The number of halogens is 1. The van der Waals surface area contributed by atoms with Crippen molar-refractivity contribution in [1.82, 2.24) is 0 Å². The Morgan fingerprint density at radius 3 is 2.30 bits per heavy atom. The second-order valence-corrected chi connectivity index (χ2v) is 6.98. The van der Waals surface area contributed by atoms with Crippen molar-refractivity contribution >= 4 is 28.7 Å². The van der Waals surface area contributed by atoms with E-state index in [0.29, 0.717) is 11.3 Å². The number of nitrogens with zero attached hydrogens (tertiary/aromatic N) is 1. The zero-order valence-corrected chi connectivity index (χ0v) is 14.2. The van der Waals surface area contributed by atoms with Crippen LogP contribution >= 0.6 is 11.6 Å². The molecule has 0 radical (unpaired) electrons. The molecule has 1 unspecified atom stereocenters. The molecule has 0 aromatic heterocycles. The highest BCUT2D eigenvalue weighted by Gasteiger charge is 2.27. The normalized spacial score (nSPS) is 12.7. The van der Waals surface area contributed by atoms with Crippen LogP contribution in [0.4, 0.5) is 17.1 Å². The molecule has 0 aliphatic rings. The lowest BCUT2D eigenvalue weighted by Crippen LogP contribution is -2.41.